The van der Waals surface area contributed by atoms with Gasteiger partial charge < -0.3 is 5.73 Å². The van der Waals surface area contributed by atoms with Gasteiger partial charge in [-0.25, -0.2) is 0 Å². The molecule has 1 amide bonds. The lowest BCUT2D eigenvalue weighted by Gasteiger charge is -2.33. The second-order valence-corrected chi connectivity index (χ2v) is 4.86. The Morgan fingerprint density at radius 2 is 1.74 bits per heavy atom. The lowest BCUT2D eigenvalue weighted by Crippen LogP contribution is -2.48. The van der Waals surface area contributed by atoms with E-state index in [1.807, 2.05) is 18.2 Å². The van der Waals surface area contributed by atoms with Crippen molar-refractivity contribution in [1.29, 1.82) is 0 Å². The van der Waals surface area contributed by atoms with Crippen LogP contribution in [0.25, 0.3) is 6.08 Å². The molecule has 0 spiro atoms. The smallest absolute Gasteiger partial charge is 0.231 e. The van der Waals surface area contributed by atoms with Gasteiger partial charge in [0, 0.05) is 32.7 Å². The van der Waals surface area contributed by atoms with E-state index in [2.05, 4.69) is 34.1 Å². The molecular weight excluding hydrogens is 238 g/mol. The van der Waals surface area contributed by atoms with Gasteiger partial charge in [0.25, 0.3) is 0 Å². The van der Waals surface area contributed by atoms with E-state index in [1.54, 1.807) is 0 Å². The van der Waals surface area contributed by atoms with E-state index >= 15 is 0 Å². The average Bonchev–Trinajstić information content (AvgIpc) is 2.41. The predicted molar refractivity (Wildman–Crippen MR) is 77.6 cm³/mol. The predicted octanol–water partition coefficient (Wildman–Crippen LogP) is 0.803. The summed E-state index contributed by atoms with van der Waals surface area (Å²) in [6, 6.07) is 10.3. The van der Waals surface area contributed by atoms with Crippen molar-refractivity contribution in [1.82, 2.24) is 9.80 Å². The average molecular weight is 259 g/mol. The molecular formula is C15H21N3O. The Morgan fingerprint density at radius 1 is 1.11 bits per heavy atom. The van der Waals surface area contributed by atoms with E-state index in [0.29, 0.717) is 6.54 Å². The van der Waals surface area contributed by atoms with Crippen LogP contribution < -0.4 is 5.73 Å². The molecule has 1 aliphatic rings. The molecule has 0 atom stereocenters. The summed E-state index contributed by atoms with van der Waals surface area (Å²) >= 11 is 0. The molecule has 0 unspecified atom stereocenters. The molecule has 1 aromatic rings. The number of hydrogen-bond acceptors (Lipinski definition) is 3. The van der Waals surface area contributed by atoms with Crippen molar-refractivity contribution in [3.05, 3.63) is 42.0 Å². The van der Waals surface area contributed by atoms with Crippen LogP contribution in [0.1, 0.15) is 5.56 Å². The third kappa shape index (κ3) is 4.85. The summed E-state index contributed by atoms with van der Waals surface area (Å²) in [6.07, 6.45) is 4.34. The number of benzene rings is 1. The lowest BCUT2D eigenvalue weighted by atomic mass is 10.2. The quantitative estimate of drug-likeness (QED) is 0.851. The van der Waals surface area contributed by atoms with Gasteiger partial charge in [0.15, 0.2) is 0 Å². The molecule has 2 rings (SSSR count). The van der Waals surface area contributed by atoms with E-state index < -0.39 is 0 Å². The normalized spacial score (nSPS) is 17.9. The highest BCUT2D eigenvalue weighted by atomic mass is 16.1. The van der Waals surface area contributed by atoms with Crippen LogP contribution in [-0.4, -0.2) is 55.0 Å². The minimum absolute atomic E-state index is 0.238. The topological polar surface area (TPSA) is 49.6 Å². The van der Waals surface area contributed by atoms with Gasteiger partial charge in [-0.3, -0.25) is 14.6 Å². The molecule has 1 fully saturated rings. The first-order valence-corrected chi connectivity index (χ1v) is 6.68. The van der Waals surface area contributed by atoms with E-state index in [0.717, 1.165) is 32.7 Å². The summed E-state index contributed by atoms with van der Waals surface area (Å²) in [5.74, 6) is -0.238. The van der Waals surface area contributed by atoms with Crippen LogP contribution in [0.5, 0.6) is 0 Å². The van der Waals surface area contributed by atoms with Crippen molar-refractivity contribution in [2.24, 2.45) is 5.73 Å². The van der Waals surface area contributed by atoms with Crippen molar-refractivity contribution in [3.8, 4) is 0 Å². The Bertz CT molecular complexity index is 422. The highest BCUT2D eigenvalue weighted by Gasteiger charge is 2.16. The van der Waals surface area contributed by atoms with Gasteiger partial charge in [-0.2, -0.15) is 0 Å². The zero-order valence-electron chi connectivity index (χ0n) is 11.2. The van der Waals surface area contributed by atoms with E-state index in [1.165, 1.54) is 5.56 Å². The summed E-state index contributed by atoms with van der Waals surface area (Å²) in [4.78, 5) is 15.3. The lowest BCUT2D eigenvalue weighted by molar-refractivity contribution is -0.119. The van der Waals surface area contributed by atoms with Crippen LogP contribution in [0, 0.1) is 0 Å². The molecule has 1 aromatic carbocycles. The minimum atomic E-state index is -0.238. The molecule has 0 aliphatic carbocycles. The van der Waals surface area contributed by atoms with Gasteiger partial charge in [-0.1, -0.05) is 42.5 Å². The molecule has 102 valence electrons. The highest BCUT2D eigenvalue weighted by Crippen LogP contribution is 2.04. The summed E-state index contributed by atoms with van der Waals surface area (Å²) in [5.41, 5.74) is 6.43. The molecule has 2 N–H and O–H groups in total. The number of piperazine rings is 1. The van der Waals surface area contributed by atoms with Gasteiger partial charge in [0.1, 0.15) is 0 Å². The van der Waals surface area contributed by atoms with Crippen molar-refractivity contribution in [2.45, 2.75) is 0 Å². The number of nitrogens with zero attached hydrogens (tertiary/aromatic N) is 2. The molecule has 4 nitrogen and oxygen atoms in total. The summed E-state index contributed by atoms with van der Waals surface area (Å²) in [5, 5.41) is 0. The molecule has 1 aliphatic heterocycles. The van der Waals surface area contributed by atoms with E-state index in [-0.39, 0.29) is 5.91 Å². The van der Waals surface area contributed by atoms with Crippen LogP contribution in [0.15, 0.2) is 36.4 Å². The standard InChI is InChI=1S/C15H21N3O/c16-15(19)13-18-11-9-17(10-12-18)8-4-7-14-5-2-1-3-6-14/h1-7H,8-13H2,(H2,16,19)/b7-4+. The van der Waals surface area contributed by atoms with Crippen LogP contribution in [0.4, 0.5) is 0 Å². The molecule has 0 saturated carbocycles. The summed E-state index contributed by atoms with van der Waals surface area (Å²) < 4.78 is 0. The summed E-state index contributed by atoms with van der Waals surface area (Å²) in [7, 11) is 0. The third-order valence-corrected chi connectivity index (χ3v) is 3.32. The van der Waals surface area contributed by atoms with Crippen LogP contribution in [0.3, 0.4) is 0 Å². The first-order chi connectivity index (χ1) is 9.24. The molecule has 1 saturated heterocycles. The number of carbonyl (C=O) groups is 1. The number of primary amides is 1. The zero-order valence-corrected chi connectivity index (χ0v) is 11.2. The van der Waals surface area contributed by atoms with Gasteiger partial charge in [-0.15, -0.1) is 0 Å². The van der Waals surface area contributed by atoms with Crippen molar-refractivity contribution in [3.63, 3.8) is 0 Å². The van der Waals surface area contributed by atoms with Crippen molar-refractivity contribution in [2.75, 3.05) is 39.3 Å². The van der Waals surface area contributed by atoms with E-state index in [4.69, 9.17) is 5.73 Å². The first kappa shape index (κ1) is 13.8. The SMILES string of the molecule is NC(=O)CN1CCN(C/C=C/c2ccccc2)CC1. The van der Waals surface area contributed by atoms with Crippen LogP contribution >= 0.6 is 0 Å². The number of hydrogen-bond donors (Lipinski definition) is 1. The fourth-order valence-corrected chi connectivity index (χ4v) is 2.25. The second kappa shape index (κ2) is 7.07. The molecule has 19 heavy (non-hydrogen) atoms. The van der Waals surface area contributed by atoms with Crippen LogP contribution in [0.2, 0.25) is 0 Å². The molecule has 0 bridgehead atoms. The maximum absolute atomic E-state index is 10.8. The molecule has 0 aromatic heterocycles. The molecule has 1 heterocycles. The largest absolute Gasteiger partial charge is 0.369 e. The number of amides is 1. The Morgan fingerprint density at radius 3 is 2.37 bits per heavy atom. The van der Waals surface area contributed by atoms with Gasteiger partial charge in [0.2, 0.25) is 5.91 Å². The molecule has 4 heteroatoms. The Hall–Kier alpha value is -1.65. The van der Waals surface area contributed by atoms with Crippen molar-refractivity contribution >= 4 is 12.0 Å². The maximum Gasteiger partial charge on any atom is 0.231 e. The molecule has 0 radical (unpaired) electrons. The number of carbonyl (C=O) groups excluding carboxylic acids is 1. The zero-order chi connectivity index (χ0) is 13.5. The fourth-order valence-electron chi connectivity index (χ4n) is 2.25. The second-order valence-electron chi connectivity index (χ2n) is 4.86. The van der Waals surface area contributed by atoms with Crippen molar-refractivity contribution < 1.29 is 4.79 Å². The fraction of sp³-hybridized carbons (Fsp3) is 0.400. The Balaban J connectivity index is 1.71. The number of nitrogens with two attached hydrogens (primary N) is 1. The van der Waals surface area contributed by atoms with Gasteiger partial charge in [0.05, 0.1) is 6.54 Å². The first-order valence-electron chi connectivity index (χ1n) is 6.68. The minimum Gasteiger partial charge on any atom is -0.369 e. The third-order valence-electron chi connectivity index (χ3n) is 3.32. The van der Waals surface area contributed by atoms with Gasteiger partial charge in [-0.05, 0) is 5.56 Å². The highest BCUT2D eigenvalue weighted by molar-refractivity contribution is 5.75. The monoisotopic (exact) mass is 259 g/mol. The van der Waals surface area contributed by atoms with Gasteiger partial charge >= 0.3 is 0 Å². The maximum atomic E-state index is 10.8. The summed E-state index contributed by atoms with van der Waals surface area (Å²) in [6.45, 7) is 5.16. The Kier molecular flexibility index (Phi) is 5.12. The van der Waals surface area contributed by atoms with Crippen LogP contribution in [-0.2, 0) is 4.79 Å². The van der Waals surface area contributed by atoms with E-state index in [9.17, 15) is 4.79 Å². The Labute approximate surface area is 114 Å². The number of rotatable bonds is 5.